The average molecular weight is 397 g/mol. The van der Waals surface area contributed by atoms with Crippen molar-refractivity contribution in [3.63, 3.8) is 0 Å². The molecule has 0 aliphatic heterocycles. The van der Waals surface area contributed by atoms with E-state index in [4.69, 9.17) is 14.7 Å². The van der Waals surface area contributed by atoms with Gasteiger partial charge >= 0.3 is 0 Å². The van der Waals surface area contributed by atoms with E-state index in [1.54, 1.807) is 6.08 Å². The van der Waals surface area contributed by atoms with Crippen molar-refractivity contribution in [3.8, 4) is 11.4 Å². The monoisotopic (exact) mass is 397 g/mol. The molecule has 0 saturated heterocycles. The number of hydrogen-bond donors (Lipinski definition) is 0. The Morgan fingerprint density at radius 3 is 2.47 bits per heavy atom. The molecule has 0 spiro atoms. The highest BCUT2D eigenvalue weighted by Gasteiger charge is 2.20. The predicted molar refractivity (Wildman–Crippen MR) is 117 cm³/mol. The second-order valence-corrected chi connectivity index (χ2v) is 6.84. The highest BCUT2D eigenvalue weighted by molar-refractivity contribution is 6.05. The summed E-state index contributed by atoms with van der Waals surface area (Å²) in [5.74, 6) is 0.778. The molecule has 7 nitrogen and oxygen atoms in total. The smallest absolute Gasteiger partial charge is 0.265 e. The van der Waals surface area contributed by atoms with Crippen LogP contribution in [0, 0.1) is 0 Å². The largest absolute Gasteiger partial charge is 0.494 e. The van der Waals surface area contributed by atoms with Crippen LogP contribution < -0.4 is 10.3 Å². The van der Waals surface area contributed by atoms with Crippen molar-refractivity contribution in [2.24, 2.45) is 0 Å². The lowest BCUT2D eigenvalue weighted by molar-refractivity contribution is 0.340. The first-order chi connectivity index (χ1) is 14.7. The second kappa shape index (κ2) is 7.11. The summed E-state index contributed by atoms with van der Waals surface area (Å²) < 4.78 is 8.95. The van der Waals surface area contributed by atoms with Crippen LogP contribution in [0.2, 0.25) is 0 Å². The van der Waals surface area contributed by atoms with E-state index < -0.39 is 0 Å². The van der Waals surface area contributed by atoms with Gasteiger partial charge in [-0.05, 0) is 43.3 Å². The lowest BCUT2D eigenvalue weighted by Crippen LogP contribution is -2.20. The first kappa shape index (κ1) is 18.1. The number of aromatic nitrogens is 5. The third-order valence-electron chi connectivity index (χ3n) is 4.96. The Hall–Kier alpha value is -4.00. The fourth-order valence-electron chi connectivity index (χ4n) is 3.64. The Labute approximate surface area is 171 Å². The molecule has 3 aromatic heterocycles. The molecule has 0 bridgehead atoms. The van der Waals surface area contributed by atoms with Crippen molar-refractivity contribution < 1.29 is 4.74 Å². The van der Waals surface area contributed by atoms with Crippen LogP contribution >= 0.6 is 0 Å². The van der Waals surface area contributed by atoms with Crippen LogP contribution in [0.15, 0.2) is 72.3 Å². The summed E-state index contributed by atoms with van der Waals surface area (Å²) in [4.78, 5) is 27.4. The van der Waals surface area contributed by atoms with Crippen LogP contribution in [0.25, 0.3) is 38.9 Å². The molecule has 30 heavy (non-hydrogen) atoms. The molecule has 0 radical (unpaired) electrons. The van der Waals surface area contributed by atoms with Crippen molar-refractivity contribution in [1.29, 1.82) is 0 Å². The van der Waals surface area contributed by atoms with Crippen LogP contribution in [0.4, 0.5) is 0 Å². The third-order valence-corrected chi connectivity index (χ3v) is 4.96. The van der Waals surface area contributed by atoms with Gasteiger partial charge in [0.05, 0.1) is 17.6 Å². The summed E-state index contributed by atoms with van der Waals surface area (Å²) in [6.07, 6.45) is 3.21. The highest BCUT2D eigenvalue weighted by Crippen LogP contribution is 2.29. The van der Waals surface area contributed by atoms with Gasteiger partial charge in [-0.15, -0.1) is 6.58 Å². The Morgan fingerprint density at radius 2 is 1.77 bits per heavy atom. The zero-order valence-electron chi connectivity index (χ0n) is 16.4. The van der Waals surface area contributed by atoms with Crippen LogP contribution in [-0.4, -0.2) is 30.7 Å². The molecule has 0 atom stereocenters. The standard InChI is InChI=1S/C23H19N5O2/c1-3-13-27-14-24-21-19(23(27)29)20-22(26-18-8-6-5-7-17(18)25-20)28(21)15-9-11-16(12-10-15)30-4-2/h3,5-12,14H,1,4,13H2,2H3. The number of benzene rings is 2. The van der Waals surface area contributed by atoms with Gasteiger partial charge in [0.2, 0.25) is 0 Å². The van der Waals surface area contributed by atoms with Gasteiger partial charge in [0.15, 0.2) is 11.3 Å². The Kier molecular flexibility index (Phi) is 4.28. The van der Waals surface area contributed by atoms with Gasteiger partial charge in [0.1, 0.15) is 23.0 Å². The molecule has 5 aromatic rings. The van der Waals surface area contributed by atoms with Gasteiger partial charge in [0.25, 0.3) is 5.56 Å². The number of nitrogens with zero attached hydrogens (tertiary/aromatic N) is 5. The Balaban J connectivity index is 1.89. The number of ether oxygens (including phenoxy) is 1. The first-order valence-electron chi connectivity index (χ1n) is 9.71. The molecule has 0 amide bonds. The van der Waals surface area contributed by atoms with Gasteiger partial charge in [-0.3, -0.25) is 13.9 Å². The Bertz CT molecular complexity index is 1470. The molecule has 2 aromatic carbocycles. The number of allylic oxidation sites excluding steroid dienone is 1. The molecule has 0 N–H and O–H groups in total. The summed E-state index contributed by atoms with van der Waals surface area (Å²) in [7, 11) is 0. The maximum absolute atomic E-state index is 13.2. The molecule has 7 heteroatoms. The summed E-state index contributed by atoms with van der Waals surface area (Å²) >= 11 is 0. The van der Waals surface area contributed by atoms with Gasteiger partial charge in [-0.25, -0.2) is 15.0 Å². The van der Waals surface area contributed by atoms with Gasteiger partial charge < -0.3 is 4.74 Å². The number of para-hydroxylation sites is 2. The van der Waals surface area contributed by atoms with Gasteiger partial charge in [0, 0.05) is 12.2 Å². The van der Waals surface area contributed by atoms with Crippen molar-refractivity contribution in [3.05, 3.63) is 77.9 Å². The molecule has 5 rings (SSSR count). The van der Waals surface area contributed by atoms with E-state index in [9.17, 15) is 4.79 Å². The SMILES string of the molecule is C=CCn1cnc2c(c1=O)c1nc3ccccc3nc1n2-c1ccc(OCC)cc1. The third kappa shape index (κ3) is 2.75. The average Bonchev–Trinajstić information content (AvgIpc) is 3.09. The summed E-state index contributed by atoms with van der Waals surface area (Å²) in [5.41, 5.74) is 3.80. The fourth-order valence-corrected chi connectivity index (χ4v) is 3.64. The molecule has 3 heterocycles. The fraction of sp³-hybridized carbons (Fsp3) is 0.130. The minimum absolute atomic E-state index is 0.167. The number of rotatable bonds is 5. The zero-order valence-corrected chi connectivity index (χ0v) is 16.4. The Morgan fingerprint density at radius 1 is 1.03 bits per heavy atom. The van der Waals surface area contributed by atoms with Crippen LogP contribution in [0.5, 0.6) is 5.75 Å². The number of fused-ring (bicyclic) bond motifs is 4. The molecule has 0 aliphatic carbocycles. The van der Waals surface area contributed by atoms with Crippen molar-refractivity contribution in [2.75, 3.05) is 6.61 Å². The van der Waals surface area contributed by atoms with E-state index in [0.717, 1.165) is 22.5 Å². The van der Waals surface area contributed by atoms with Crippen LogP contribution in [0.3, 0.4) is 0 Å². The molecule has 0 aliphatic rings. The lowest BCUT2D eigenvalue weighted by atomic mass is 10.3. The molecule has 0 fully saturated rings. The topological polar surface area (TPSA) is 74.8 Å². The quantitative estimate of drug-likeness (QED) is 0.421. The van der Waals surface area contributed by atoms with E-state index in [0.29, 0.717) is 35.3 Å². The maximum Gasteiger partial charge on any atom is 0.265 e. The van der Waals surface area contributed by atoms with Crippen LogP contribution in [0.1, 0.15) is 6.92 Å². The summed E-state index contributed by atoms with van der Waals surface area (Å²) in [6.45, 7) is 6.64. The van der Waals surface area contributed by atoms with Crippen LogP contribution in [-0.2, 0) is 6.54 Å². The summed E-state index contributed by atoms with van der Waals surface area (Å²) in [5, 5.41) is 0.446. The van der Waals surface area contributed by atoms with E-state index in [-0.39, 0.29) is 5.56 Å². The lowest BCUT2D eigenvalue weighted by Gasteiger charge is -2.08. The molecular weight excluding hydrogens is 378 g/mol. The van der Waals surface area contributed by atoms with E-state index in [1.807, 2.05) is 60.0 Å². The van der Waals surface area contributed by atoms with E-state index in [1.165, 1.54) is 10.9 Å². The molecule has 0 saturated carbocycles. The highest BCUT2D eigenvalue weighted by atomic mass is 16.5. The van der Waals surface area contributed by atoms with Crippen molar-refractivity contribution >= 4 is 33.2 Å². The normalized spacial score (nSPS) is 11.4. The summed E-state index contributed by atoms with van der Waals surface area (Å²) in [6, 6.07) is 15.3. The van der Waals surface area contributed by atoms with Gasteiger partial charge in [-0.2, -0.15) is 0 Å². The number of hydrogen-bond acceptors (Lipinski definition) is 5. The van der Waals surface area contributed by atoms with Crippen molar-refractivity contribution in [1.82, 2.24) is 24.1 Å². The van der Waals surface area contributed by atoms with Gasteiger partial charge in [-0.1, -0.05) is 18.2 Å². The second-order valence-electron chi connectivity index (χ2n) is 6.84. The minimum Gasteiger partial charge on any atom is -0.494 e. The maximum atomic E-state index is 13.2. The van der Waals surface area contributed by atoms with E-state index >= 15 is 0 Å². The predicted octanol–water partition coefficient (Wildman–Crippen LogP) is 3.87. The molecular formula is C23H19N5O2. The molecule has 148 valence electrons. The minimum atomic E-state index is -0.167. The van der Waals surface area contributed by atoms with Crippen molar-refractivity contribution in [2.45, 2.75) is 13.5 Å². The zero-order chi connectivity index (χ0) is 20.7. The molecule has 0 unspecified atom stereocenters. The first-order valence-corrected chi connectivity index (χ1v) is 9.71. The van der Waals surface area contributed by atoms with E-state index in [2.05, 4.69) is 11.6 Å².